The average molecular weight is 189 g/mol. The molecule has 1 atom stereocenters. The minimum atomic E-state index is -0.337. The SMILES string of the molecule is OC(CCl)CC1=CCCCCC1. The maximum Gasteiger partial charge on any atom is 0.0712 e. The summed E-state index contributed by atoms with van der Waals surface area (Å²) in [4.78, 5) is 0. The molecule has 0 spiro atoms. The van der Waals surface area contributed by atoms with Crippen molar-refractivity contribution in [1.82, 2.24) is 0 Å². The second kappa shape index (κ2) is 5.60. The molecule has 0 aromatic rings. The van der Waals surface area contributed by atoms with Gasteiger partial charge in [0.1, 0.15) is 0 Å². The Morgan fingerprint density at radius 2 is 2.25 bits per heavy atom. The van der Waals surface area contributed by atoms with Crippen molar-refractivity contribution in [3.05, 3.63) is 11.6 Å². The van der Waals surface area contributed by atoms with Gasteiger partial charge in [0.05, 0.1) is 6.10 Å². The molecule has 1 N–H and O–H groups in total. The van der Waals surface area contributed by atoms with Crippen LogP contribution in [-0.4, -0.2) is 17.1 Å². The van der Waals surface area contributed by atoms with Gasteiger partial charge in [0, 0.05) is 5.88 Å². The lowest BCUT2D eigenvalue weighted by molar-refractivity contribution is 0.197. The first kappa shape index (κ1) is 10.1. The fraction of sp³-hybridized carbons (Fsp3) is 0.800. The van der Waals surface area contributed by atoms with E-state index in [1.54, 1.807) is 0 Å². The molecule has 0 aromatic heterocycles. The number of rotatable bonds is 3. The van der Waals surface area contributed by atoms with E-state index in [4.69, 9.17) is 11.6 Å². The lowest BCUT2D eigenvalue weighted by atomic mass is 10.0. The van der Waals surface area contributed by atoms with Crippen LogP contribution in [0.1, 0.15) is 38.5 Å². The summed E-state index contributed by atoms with van der Waals surface area (Å²) in [6.45, 7) is 0. The van der Waals surface area contributed by atoms with Crippen molar-refractivity contribution < 1.29 is 5.11 Å². The first-order valence-electron chi connectivity index (χ1n) is 4.75. The summed E-state index contributed by atoms with van der Waals surface area (Å²) in [5.41, 5.74) is 1.40. The predicted molar refractivity (Wildman–Crippen MR) is 52.5 cm³/mol. The lowest BCUT2D eigenvalue weighted by Crippen LogP contribution is -2.09. The molecule has 12 heavy (non-hydrogen) atoms. The molecule has 0 amide bonds. The highest BCUT2D eigenvalue weighted by Gasteiger charge is 2.07. The summed E-state index contributed by atoms with van der Waals surface area (Å²) in [5, 5.41) is 9.33. The summed E-state index contributed by atoms with van der Waals surface area (Å²) in [6.07, 6.45) is 8.99. The molecule has 70 valence electrons. The van der Waals surface area contributed by atoms with Gasteiger partial charge >= 0.3 is 0 Å². The lowest BCUT2D eigenvalue weighted by Gasteiger charge is -2.08. The zero-order chi connectivity index (χ0) is 8.81. The van der Waals surface area contributed by atoms with Gasteiger partial charge in [0.15, 0.2) is 0 Å². The van der Waals surface area contributed by atoms with Crippen molar-refractivity contribution in [2.75, 3.05) is 5.88 Å². The van der Waals surface area contributed by atoms with Gasteiger partial charge in [0.25, 0.3) is 0 Å². The van der Waals surface area contributed by atoms with Crippen molar-refractivity contribution in [2.45, 2.75) is 44.6 Å². The fourth-order valence-corrected chi connectivity index (χ4v) is 1.73. The zero-order valence-electron chi connectivity index (χ0n) is 7.43. The van der Waals surface area contributed by atoms with Crippen LogP contribution in [0, 0.1) is 0 Å². The van der Waals surface area contributed by atoms with Crippen LogP contribution in [-0.2, 0) is 0 Å². The maximum atomic E-state index is 9.33. The van der Waals surface area contributed by atoms with Crippen molar-refractivity contribution in [3.8, 4) is 0 Å². The molecule has 1 aliphatic rings. The predicted octanol–water partition coefficient (Wildman–Crippen LogP) is 2.87. The molecule has 0 bridgehead atoms. The molecule has 0 aliphatic heterocycles. The quantitative estimate of drug-likeness (QED) is 0.534. The molecule has 1 aliphatic carbocycles. The van der Waals surface area contributed by atoms with Gasteiger partial charge in [-0.1, -0.05) is 18.1 Å². The van der Waals surface area contributed by atoms with Gasteiger partial charge in [-0.25, -0.2) is 0 Å². The van der Waals surface area contributed by atoms with E-state index in [0.29, 0.717) is 5.88 Å². The largest absolute Gasteiger partial charge is 0.392 e. The molecular formula is C10H17ClO. The minimum Gasteiger partial charge on any atom is -0.392 e. The topological polar surface area (TPSA) is 20.2 Å². The van der Waals surface area contributed by atoms with Gasteiger partial charge < -0.3 is 5.11 Å². The van der Waals surface area contributed by atoms with Gasteiger partial charge in [-0.05, 0) is 32.1 Å². The molecule has 0 fully saturated rings. The number of aliphatic hydroxyl groups excluding tert-OH is 1. The van der Waals surface area contributed by atoms with Crippen LogP contribution >= 0.6 is 11.6 Å². The highest BCUT2D eigenvalue weighted by molar-refractivity contribution is 6.18. The Morgan fingerprint density at radius 3 is 3.00 bits per heavy atom. The average Bonchev–Trinajstić information content (AvgIpc) is 2.33. The van der Waals surface area contributed by atoms with Gasteiger partial charge in [-0.2, -0.15) is 0 Å². The highest BCUT2D eigenvalue weighted by atomic mass is 35.5. The normalized spacial score (nSPS) is 21.3. The van der Waals surface area contributed by atoms with E-state index < -0.39 is 0 Å². The second-order valence-electron chi connectivity index (χ2n) is 3.47. The van der Waals surface area contributed by atoms with Gasteiger partial charge in [-0.15, -0.1) is 11.6 Å². The molecule has 0 radical (unpaired) electrons. The molecule has 0 aromatic carbocycles. The van der Waals surface area contributed by atoms with E-state index in [2.05, 4.69) is 6.08 Å². The van der Waals surface area contributed by atoms with E-state index in [1.165, 1.54) is 31.3 Å². The van der Waals surface area contributed by atoms with E-state index in [1.807, 2.05) is 0 Å². The van der Waals surface area contributed by atoms with Crippen LogP contribution in [0.5, 0.6) is 0 Å². The molecule has 2 heteroatoms. The van der Waals surface area contributed by atoms with Gasteiger partial charge in [0.2, 0.25) is 0 Å². The molecular weight excluding hydrogens is 172 g/mol. The van der Waals surface area contributed by atoms with Gasteiger partial charge in [-0.3, -0.25) is 0 Å². The second-order valence-corrected chi connectivity index (χ2v) is 3.78. The first-order valence-corrected chi connectivity index (χ1v) is 5.28. The number of allylic oxidation sites excluding steroid dienone is 1. The Kier molecular flexibility index (Phi) is 4.70. The van der Waals surface area contributed by atoms with E-state index >= 15 is 0 Å². The third kappa shape index (κ3) is 3.59. The Bertz CT molecular complexity index is 154. The first-order chi connectivity index (χ1) is 5.83. The molecule has 1 nitrogen and oxygen atoms in total. The molecule has 0 heterocycles. The number of aliphatic hydroxyl groups is 1. The zero-order valence-corrected chi connectivity index (χ0v) is 8.19. The monoisotopic (exact) mass is 188 g/mol. The Balaban J connectivity index is 2.33. The number of hydrogen-bond acceptors (Lipinski definition) is 1. The Labute approximate surface area is 79.4 Å². The van der Waals surface area contributed by atoms with E-state index in [-0.39, 0.29) is 6.10 Å². The Hall–Kier alpha value is -0.0100. The fourth-order valence-electron chi connectivity index (χ4n) is 1.62. The van der Waals surface area contributed by atoms with Crippen LogP contribution in [0.15, 0.2) is 11.6 Å². The molecule has 1 unspecified atom stereocenters. The van der Waals surface area contributed by atoms with Crippen molar-refractivity contribution >= 4 is 11.6 Å². The minimum absolute atomic E-state index is 0.337. The summed E-state index contributed by atoms with van der Waals surface area (Å²) in [6, 6.07) is 0. The molecule has 0 saturated carbocycles. The van der Waals surface area contributed by atoms with Crippen LogP contribution < -0.4 is 0 Å². The summed E-state index contributed by atoms with van der Waals surface area (Å²) >= 11 is 5.53. The summed E-state index contributed by atoms with van der Waals surface area (Å²) in [7, 11) is 0. The van der Waals surface area contributed by atoms with E-state index in [9.17, 15) is 5.11 Å². The maximum absolute atomic E-state index is 9.33. The van der Waals surface area contributed by atoms with Crippen LogP contribution in [0.25, 0.3) is 0 Å². The number of alkyl halides is 1. The highest BCUT2D eigenvalue weighted by Crippen LogP contribution is 2.20. The van der Waals surface area contributed by atoms with Crippen molar-refractivity contribution in [2.24, 2.45) is 0 Å². The Morgan fingerprint density at radius 1 is 1.42 bits per heavy atom. The number of halogens is 1. The summed E-state index contributed by atoms with van der Waals surface area (Å²) < 4.78 is 0. The van der Waals surface area contributed by atoms with E-state index in [0.717, 1.165) is 12.8 Å². The molecule has 1 rings (SSSR count). The van der Waals surface area contributed by atoms with Crippen molar-refractivity contribution in [1.29, 1.82) is 0 Å². The summed E-state index contributed by atoms with van der Waals surface area (Å²) in [5.74, 6) is 0.358. The number of hydrogen-bond donors (Lipinski definition) is 1. The van der Waals surface area contributed by atoms with Crippen LogP contribution in [0.4, 0.5) is 0 Å². The van der Waals surface area contributed by atoms with Crippen LogP contribution in [0.3, 0.4) is 0 Å². The smallest absolute Gasteiger partial charge is 0.0712 e. The molecule has 0 saturated heterocycles. The van der Waals surface area contributed by atoms with Crippen molar-refractivity contribution in [3.63, 3.8) is 0 Å². The third-order valence-electron chi connectivity index (χ3n) is 2.31. The van der Waals surface area contributed by atoms with Crippen LogP contribution in [0.2, 0.25) is 0 Å². The standard InChI is InChI=1S/C10H17ClO/c11-8-10(12)7-9-5-3-1-2-4-6-9/h5,10,12H,1-4,6-8H2. The third-order valence-corrected chi connectivity index (χ3v) is 2.67.